The minimum atomic E-state index is 0.234. The molecule has 0 aliphatic heterocycles. The molecule has 1 aromatic carbocycles. The lowest BCUT2D eigenvalue weighted by atomic mass is 9.97. The maximum absolute atomic E-state index is 5.40. The van der Waals surface area contributed by atoms with E-state index in [-0.39, 0.29) is 6.61 Å². The second-order valence-corrected chi connectivity index (χ2v) is 7.93. The molecule has 3 aromatic heterocycles. The molecule has 0 amide bonds. The third-order valence-electron chi connectivity index (χ3n) is 4.88. The molecule has 0 N–H and O–H groups in total. The van der Waals surface area contributed by atoms with E-state index >= 15 is 0 Å². The number of oxime groups is 1. The van der Waals surface area contributed by atoms with Crippen molar-refractivity contribution in [1.29, 1.82) is 0 Å². The van der Waals surface area contributed by atoms with Crippen LogP contribution in [0.15, 0.2) is 35.7 Å². The van der Waals surface area contributed by atoms with Gasteiger partial charge in [-0.25, -0.2) is 14.5 Å². The molecule has 0 spiro atoms. The minimum absolute atomic E-state index is 0.234. The molecule has 4 aromatic rings. The van der Waals surface area contributed by atoms with Crippen molar-refractivity contribution < 1.29 is 4.84 Å². The average molecular weight is 377 g/mol. The predicted octanol–water partition coefficient (Wildman–Crippen LogP) is 4.08. The first-order valence-corrected chi connectivity index (χ1v) is 9.96. The summed E-state index contributed by atoms with van der Waals surface area (Å²) in [7, 11) is 0. The second kappa shape index (κ2) is 6.74. The van der Waals surface area contributed by atoms with Gasteiger partial charge < -0.3 is 4.84 Å². The van der Waals surface area contributed by atoms with Gasteiger partial charge in [-0.2, -0.15) is 0 Å². The number of aromatic nitrogens is 4. The molecule has 0 radical (unpaired) electrons. The molecule has 1 aliphatic carbocycles. The van der Waals surface area contributed by atoms with Crippen LogP contribution in [0.2, 0.25) is 0 Å². The molecule has 27 heavy (non-hydrogen) atoms. The van der Waals surface area contributed by atoms with E-state index in [1.54, 1.807) is 28.4 Å². The van der Waals surface area contributed by atoms with Crippen LogP contribution in [0.5, 0.6) is 0 Å². The van der Waals surface area contributed by atoms with Crippen molar-refractivity contribution in [3.05, 3.63) is 58.0 Å². The summed E-state index contributed by atoms with van der Waals surface area (Å²) in [6.45, 7) is 2.29. The zero-order chi connectivity index (χ0) is 18.2. The summed E-state index contributed by atoms with van der Waals surface area (Å²) in [6.07, 6.45) is 8.20. The van der Waals surface area contributed by atoms with Crippen LogP contribution >= 0.6 is 11.3 Å². The van der Waals surface area contributed by atoms with Gasteiger partial charge in [-0.3, -0.25) is 0 Å². The van der Waals surface area contributed by atoms with Crippen molar-refractivity contribution in [2.45, 2.75) is 39.2 Å². The molecule has 0 saturated heterocycles. The molecule has 7 heteroatoms. The Morgan fingerprint density at radius 1 is 1.22 bits per heavy atom. The maximum atomic E-state index is 5.40. The smallest absolute Gasteiger partial charge is 0.192 e. The first kappa shape index (κ1) is 16.4. The first-order chi connectivity index (χ1) is 13.3. The van der Waals surface area contributed by atoms with Gasteiger partial charge in [0.2, 0.25) is 0 Å². The van der Waals surface area contributed by atoms with Crippen LogP contribution in [0.4, 0.5) is 0 Å². The van der Waals surface area contributed by atoms with Gasteiger partial charge in [0.15, 0.2) is 18.1 Å². The van der Waals surface area contributed by atoms with E-state index < -0.39 is 0 Å². The van der Waals surface area contributed by atoms with Crippen LogP contribution in [-0.4, -0.2) is 25.8 Å². The third-order valence-corrected chi connectivity index (χ3v) is 6.08. The molecule has 0 saturated carbocycles. The highest BCUT2D eigenvalue weighted by molar-refractivity contribution is 7.19. The number of benzene rings is 1. The Bertz CT molecular complexity index is 1140. The van der Waals surface area contributed by atoms with E-state index in [4.69, 9.17) is 9.82 Å². The van der Waals surface area contributed by atoms with Crippen LogP contribution in [0.3, 0.4) is 0 Å². The standard InChI is InChI=1S/C20H19N5OS/c1-13-6-8-14(9-7-13)10-22-26-11-17-23-19-18-15-4-2-3-5-16(15)27-20(18)21-12-25(19)24-17/h6-10,12H,2-5,11H2,1H3/b22-10-. The summed E-state index contributed by atoms with van der Waals surface area (Å²) in [6, 6.07) is 8.11. The van der Waals surface area contributed by atoms with E-state index in [1.165, 1.54) is 34.2 Å². The Labute approximate surface area is 160 Å². The highest BCUT2D eigenvalue weighted by atomic mass is 32.1. The zero-order valence-electron chi connectivity index (χ0n) is 15.1. The van der Waals surface area contributed by atoms with Crippen molar-refractivity contribution in [3.63, 3.8) is 0 Å². The van der Waals surface area contributed by atoms with E-state index in [2.05, 4.69) is 22.2 Å². The zero-order valence-corrected chi connectivity index (χ0v) is 15.9. The quantitative estimate of drug-likeness (QED) is 0.397. The van der Waals surface area contributed by atoms with E-state index in [0.717, 1.165) is 28.9 Å². The Kier molecular flexibility index (Phi) is 4.09. The molecule has 0 bridgehead atoms. The molecule has 1 aliphatic rings. The van der Waals surface area contributed by atoms with Gasteiger partial charge in [-0.15, -0.1) is 16.4 Å². The number of rotatable bonds is 4. The number of aryl methyl sites for hydroxylation is 3. The number of nitrogens with zero attached hydrogens (tertiary/aromatic N) is 5. The van der Waals surface area contributed by atoms with Crippen LogP contribution in [0, 0.1) is 6.92 Å². The fraction of sp³-hybridized carbons (Fsp3) is 0.300. The Morgan fingerprint density at radius 2 is 2.07 bits per heavy atom. The van der Waals surface area contributed by atoms with Crippen molar-refractivity contribution in [1.82, 2.24) is 19.6 Å². The Hall–Kier alpha value is -2.80. The maximum Gasteiger partial charge on any atom is 0.192 e. The van der Waals surface area contributed by atoms with Gasteiger partial charge in [-0.1, -0.05) is 35.0 Å². The molecule has 0 atom stereocenters. The fourth-order valence-corrected chi connectivity index (χ4v) is 4.73. The lowest BCUT2D eigenvalue weighted by Crippen LogP contribution is -1.99. The van der Waals surface area contributed by atoms with Crippen molar-refractivity contribution >= 4 is 33.4 Å². The number of hydrogen-bond acceptors (Lipinski definition) is 6. The van der Waals surface area contributed by atoms with Crippen LogP contribution in [0.1, 0.15) is 40.2 Å². The fourth-order valence-electron chi connectivity index (χ4n) is 3.51. The molecule has 0 unspecified atom stereocenters. The molecule has 136 valence electrons. The monoisotopic (exact) mass is 377 g/mol. The lowest BCUT2D eigenvalue weighted by Gasteiger charge is -2.09. The summed E-state index contributed by atoms with van der Waals surface area (Å²) in [5.74, 6) is 0.612. The van der Waals surface area contributed by atoms with Gasteiger partial charge >= 0.3 is 0 Å². The van der Waals surface area contributed by atoms with Gasteiger partial charge in [0, 0.05) is 4.88 Å². The molecule has 5 rings (SSSR count). The minimum Gasteiger partial charge on any atom is -0.387 e. The largest absolute Gasteiger partial charge is 0.387 e. The summed E-state index contributed by atoms with van der Waals surface area (Å²) >= 11 is 1.80. The van der Waals surface area contributed by atoms with Crippen molar-refractivity contribution in [3.8, 4) is 0 Å². The Morgan fingerprint density at radius 3 is 2.96 bits per heavy atom. The Balaban J connectivity index is 1.39. The SMILES string of the molecule is Cc1ccc(/C=N\OCc2nc3c4c5c(sc4ncn3n2)CCCC5)cc1. The van der Waals surface area contributed by atoms with Gasteiger partial charge in [0.25, 0.3) is 0 Å². The van der Waals surface area contributed by atoms with Gasteiger partial charge in [0.1, 0.15) is 11.2 Å². The van der Waals surface area contributed by atoms with Crippen molar-refractivity contribution in [2.75, 3.05) is 0 Å². The van der Waals surface area contributed by atoms with Gasteiger partial charge in [0.05, 0.1) is 11.6 Å². The topological polar surface area (TPSA) is 64.7 Å². The summed E-state index contributed by atoms with van der Waals surface area (Å²) in [4.78, 5) is 17.2. The summed E-state index contributed by atoms with van der Waals surface area (Å²) in [5.41, 5.74) is 4.51. The van der Waals surface area contributed by atoms with E-state index in [9.17, 15) is 0 Å². The van der Waals surface area contributed by atoms with Crippen molar-refractivity contribution in [2.24, 2.45) is 5.16 Å². The molecule has 6 nitrogen and oxygen atoms in total. The summed E-state index contributed by atoms with van der Waals surface area (Å²) < 4.78 is 1.76. The van der Waals surface area contributed by atoms with Crippen LogP contribution in [0.25, 0.3) is 15.9 Å². The number of fused-ring (bicyclic) bond motifs is 5. The van der Waals surface area contributed by atoms with Gasteiger partial charge in [-0.05, 0) is 43.7 Å². The van der Waals surface area contributed by atoms with E-state index in [1.807, 2.05) is 24.3 Å². The molecular weight excluding hydrogens is 358 g/mol. The highest BCUT2D eigenvalue weighted by Crippen LogP contribution is 2.36. The first-order valence-electron chi connectivity index (χ1n) is 9.14. The predicted molar refractivity (Wildman–Crippen MR) is 106 cm³/mol. The molecule has 0 fully saturated rings. The third kappa shape index (κ3) is 3.08. The normalized spacial score (nSPS) is 14.3. The molecular formula is C20H19N5OS. The van der Waals surface area contributed by atoms with E-state index in [0.29, 0.717) is 5.82 Å². The summed E-state index contributed by atoms with van der Waals surface area (Å²) in [5, 5.41) is 9.69. The number of hydrogen-bond donors (Lipinski definition) is 0. The second-order valence-electron chi connectivity index (χ2n) is 6.85. The highest BCUT2D eigenvalue weighted by Gasteiger charge is 2.20. The van der Waals surface area contributed by atoms with Crippen LogP contribution < -0.4 is 0 Å². The lowest BCUT2D eigenvalue weighted by molar-refractivity contribution is 0.126. The number of thiophene rings is 1. The molecule has 3 heterocycles. The average Bonchev–Trinajstić information content (AvgIpc) is 3.27. The van der Waals surface area contributed by atoms with Crippen LogP contribution in [-0.2, 0) is 24.3 Å².